The van der Waals surface area contributed by atoms with Crippen LogP contribution in [-0.2, 0) is 9.53 Å². The second-order valence-corrected chi connectivity index (χ2v) is 3.69. The summed E-state index contributed by atoms with van der Waals surface area (Å²) in [6.07, 6.45) is 1.34. The molecular formula is C9H13N5O3. The maximum absolute atomic E-state index is 12.1. The summed E-state index contributed by atoms with van der Waals surface area (Å²) in [4.78, 5) is 24.7. The van der Waals surface area contributed by atoms with E-state index in [1.165, 1.54) is 11.1 Å². The van der Waals surface area contributed by atoms with E-state index in [4.69, 9.17) is 16.2 Å². The van der Waals surface area contributed by atoms with Crippen LogP contribution in [0, 0.1) is 0 Å². The fourth-order valence-corrected chi connectivity index (χ4v) is 1.69. The van der Waals surface area contributed by atoms with Gasteiger partial charge in [0.1, 0.15) is 11.7 Å². The zero-order chi connectivity index (χ0) is 12.4. The molecule has 1 aliphatic heterocycles. The number of hydrogen-bond donors (Lipinski definition) is 3. The van der Waals surface area contributed by atoms with Crippen LogP contribution in [0.2, 0.25) is 0 Å². The second-order valence-electron chi connectivity index (χ2n) is 3.69. The Balaban J connectivity index is 2.23. The Morgan fingerprint density at radius 1 is 1.59 bits per heavy atom. The summed E-state index contributed by atoms with van der Waals surface area (Å²) >= 11 is 0. The molecule has 0 radical (unpaired) electrons. The number of hydrogen-bond acceptors (Lipinski definition) is 5. The number of rotatable bonds is 2. The van der Waals surface area contributed by atoms with Crippen LogP contribution in [0.5, 0.6) is 0 Å². The summed E-state index contributed by atoms with van der Waals surface area (Å²) in [6.45, 7) is 0.767. The van der Waals surface area contributed by atoms with Crippen LogP contribution in [-0.4, -0.2) is 52.7 Å². The maximum Gasteiger partial charge on any atom is 0.274 e. The zero-order valence-corrected chi connectivity index (χ0v) is 9.05. The third kappa shape index (κ3) is 2.07. The third-order valence-electron chi connectivity index (χ3n) is 2.60. The van der Waals surface area contributed by atoms with Gasteiger partial charge in [0.15, 0.2) is 0 Å². The van der Waals surface area contributed by atoms with Gasteiger partial charge in [0, 0.05) is 6.54 Å². The number of nitrogens with two attached hydrogens (primary N) is 2. The van der Waals surface area contributed by atoms with Crippen LogP contribution in [0.1, 0.15) is 10.5 Å². The van der Waals surface area contributed by atoms with Gasteiger partial charge in [0.05, 0.1) is 25.1 Å². The van der Waals surface area contributed by atoms with Gasteiger partial charge in [-0.1, -0.05) is 0 Å². The Kier molecular flexibility index (Phi) is 2.96. The van der Waals surface area contributed by atoms with Crippen LogP contribution in [0.4, 0.5) is 5.69 Å². The monoisotopic (exact) mass is 239 g/mol. The predicted molar refractivity (Wildman–Crippen MR) is 57.8 cm³/mol. The number of aromatic nitrogens is 2. The topological polar surface area (TPSA) is 127 Å². The highest BCUT2D eigenvalue weighted by Gasteiger charge is 2.33. The van der Waals surface area contributed by atoms with Crippen molar-refractivity contribution in [2.45, 2.75) is 6.04 Å². The summed E-state index contributed by atoms with van der Waals surface area (Å²) in [7, 11) is 0. The first-order valence-electron chi connectivity index (χ1n) is 5.08. The average Bonchev–Trinajstić information content (AvgIpc) is 2.74. The molecule has 0 spiro atoms. The molecule has 1 aromatic heterocycles. The quantitative estimate of drug-likeness (QED) is 0.568. The van der Waals surface area contributed by atoms with E-state index in [0.29, 0.717) is 13.2 Å². The molecule has 1 atom stereocenters. The number of amides is 2. The van der Waals surface area contributed by atoms with Crippen LogP contribution in [0.15, 0.2) is 6.20 Å². The summed E-state index contributed by atoms with van der Waals surface area (Å²) in [5, 5.41) is 6.17. The smallest absolute Gasteiger partial charge is 0.274 e. The van der Waals surface area contributed by atoms with Gasteiger partial charge in [-0.25, -0.2) is 0 Å². The molecule has 8 nitrogen and oxygen atoms in total. The van der Waals surface area contributed by atoms with E-state index in [2.05, 4.69) is 10.2 Å². The molecule has 0 aliphatic carbocycles. The molecule has 2 rings (SSSR count). The highest BCUT2D eigenvalue weighted by molar-refractivity contribution is 5.99. The van der Waals surface area contributed by atoms with E-state index in [1.54, 1.807) is 0 Å². The maximum atomic E-state index is 12.1. The zero-order valence-electron chi connectivity index (χ0n) is 9.05. The number of anilines is 1. The summed E-state index contributed by atoms with van der Waals surface area (Å²) in [5.74, 6) is -0.997. The third-order valence-corrected chi connectivity index (χ3v) is 2.60. The first-order chi connectivity index (χ1) is 8.11. The largest absolute Gasteiger partial charge is 0.396 e. The molecule has 0 aromatic carbocycles. The molecule has 1 unspecified atom stereocenters. The summed E-state index contributed by atoms with van der Waals surface area (Å²) < 4.78 is 5.12. The van der Waals surface area contributed by atoms with Crippen molar-refractivity contribution in [3.8, 4) is 0 Å². The standard InChI is InChI=1S/C9H13N5O3/c10-5-3-12-13-7(5)9(16)14-1-2-17-4-6(14)8(11)15/h3,6H,1-2,4,10H2,(H2,11,15)(H,12,13). The molecule has 0 bridgehead atoms. The highest BCUT2D eigenvalue weighted by atomic mass is 16.5. The Hall–Kier alpha value is -2.09. The van der Waals surface area contributed by atoms with E-state index < -0.39 is 17.9 Å². The van der Waals surface area contributed by atoms with Crippen LogP contribution < -0.4 is 11.5 Å². The number of nitrogens with zero attached hydrogens (tertiary/aromatic N) is 2. The van der Waals surface area contributed by atoms with Crippen molar-refractivity contribution in [2.75, 3.05) is 25.5 Å². The molecule has 92 valence electrons. The first-order valence-corrected chi connectivity index (χ1v) is 5.08. The average molecular weight is 239 g/mol. The summed E-state index contributed by atoms with van der Waals surface area (Å²) in [6, 6.07) is -0.765. The summed E-state index contributed by atoms with van der Waals surface area (Å²) in [5.41, 5.74) is 11.2. The van der Waals surface area contributed by atoms with Crippen LogP contribution in [0.25, 0.3) is 0 Å². The number of ether oxygens (including phenoxy) is 1. The second kappa shape index (κ2) is 4.42. The molecule has 8 heteroatoms. The number of carbonyl (C=O) groups is 2. The van der Waals surface area contributed by atoms with Gasteiger partial charge >= 0.3 is 0 Å². The fraction of sp³-hybridized carbons (Fsp3) is 0.444. The molecule has 1 aromatic rings. The van der Waals surface area contributed by atoms with Crippen molar-refractivity contribution in [1.29, 1.82) is 0 Å². The van der Waals surface area contributed by atoms with Crippen LogP contribution >= 0.6 is 0 Å². The molecule has 1 saturated heterocycles. The van der Waals surface area contributed by atoms with E-state index >= 15 is 0 Å². The molecular weight excluding hydrogens is 226 g/mol. The van der Waals surface area contributed by atoms with Crippen LogP contribution in [0.3, 0.4) is 0 Å². The number of nitrogen functional groups attached to an aromatic ring is 1. The molecule has 1 fully saturated rings. The number of primary amides is 1. The number of carbonyl (C=O) groups excluding carboxylic acids is 2. The Bertz CT molecular complexity index is 444. The number of H-pyrrole nitrogens is 1. The minimum absolute atomic E-state index is 0.106. The predicted octanol–water partition coefficient (Wildman–Crippen LogP) is -1.68. The van der Waals surface area contributed by atoms with Crippen molar-refractivity contribution in [3.05, 3.63) is 11.9 Å². The fourth-order valence-electron chi connectivity index (χ4n) is 1.69. The molecule has 2 amide bonds. The van der Waals surface area contributed by atoms with Gasteiger partial charge in [-0.05, 0) is 0 Å². The SMILES string of the molecule is NC(=O)C1COCCN1C(=O)c1[nH]ncc1N. The van der Waals surface area contributed by atoms with Gasteiger partial charge in [0.2, 0.25) is 5.91 Å². The van der Waals surface area contributed by atoms with Crippen molar-refractivity contribution in [1.82, 2.24) is 15.1 Å². The normalized spacial score (nSPS) is 20.2. The Morgan fingerprint density at radius 3 is 2.94 bits per heavy atom. The van der Waals surface area contributed by atoms with E-state index in [1.807, 2.05) is 0 Å². The Morgan fingerprint density at radius 2 is 2.35 bits per heavy atom. The van der Waals surface area contributed by atoms with E-state index in [9.17, 15) is 9.59 Å². The van der Waals surface area contributed by atoms with Crippen molar-refractivity contribution in [3.63, 3.8) is 0 Å². The van der Waals surface area contributed by atoms with Gasteiger partial charge in [0.25, 0.3) is 5.91 Å². The van der Waals surface area contributed by atoms with Crippen molar-refractivity contribution >= 4 is 17.5 Å². The van der Waals surface area contributed by atoms with Gasteiger partial charge < -0.3 is 21.1 Å². The number of aromatic amines is 1. The van der Waals surface area contributed by atoms with E-state index in [0.717, 1.165) is 0 Å². The molecule has 17 heavy (non-hydrogen) atoms. The minimum atomic E-state index is -0.765. The highest BCUT2D eigenvalue weighted by Crippen LogP contribution is 2.14. The Labute approximate surface area is 96.9 Å². The molecule has 1 aliphatic rings. The lowest BCUT2D eigenvalue weighted by atomic mass is 10.2. The first kappa shape index (κ1) is 11.4. The lowest BCUT2D eigenvalue weighted by molar-refractivity contribution is -0.127. The number of morpholine rings is 1. The van der Waals surface area contributed by atoms with Gasteiger partial charge in [-0.2, -0.15) is 5.10 Å². The van der Waals surface area contributed by atoms with Crippen molar-refractivity contribution in [2.24, 2.45) is 5.73 Å². The van der Waals surface area contributed by atoms with Gasteiger partial charge in [-0.3, -0.25) is 14.7 Å². The minimum Gasteiger partial charge on any atom is -0.396 e. The molecule has 2 heterocycles. The molecule has 5 N–H and O–H groups in total. The number of nitrogens with one attached hydrogen (secondary N) is 1. The van der Waals surface area contributed by atoms with Gasteiger partial charge in [-0.15, -0.1) is 0 Å². The lowest BCUT2D eigenvalue weighted by Gasteiger charge is -2.33. The molecule has 0 saturated carbocycles. The lowest BCUT2D eigenvalue weighted by Crippen LogP contribution is -2.54. The van der Waals surface area contributed by atoms with E-state index in [-0.39, 0.29) is 18.0 Å². The van der Waals surface area contributed by atoms with Crippen molar-refractivity contribution < 1.29 is 14.3 Å².